The Balaban J connectivity index is 1.91. The molecule has 7 nitrogen and oxygen atoms in total. The molecule has 1 saturated carbocycles. The minimum atomic E-state index is -3.79. The van der Waals surface area contributed by atoms with Crippen LogP contribution in [0.25, 0.3) is 0 Å². The molecular formula is C24H37Cl2N3O4S. The third kappa shape index (κ3) is 9.11. The number of nitrogens with one attached hydrogen (secondary N) is 1. The van der Waals surface area contributed by atoms with E-state index in [9.17, 15) is 18.0 Å². The minimum Gasteiger partial charge on any atom is -0.320 e. The molecule has 3 N–H and O–H groups in total. The van der Waals surface area contributed by atoms with E-state index in [0.717, 1.165) is 19.3 Å². The van der Waals surface area contributed by atoms with Crippen LogP contribution in [0, 0.1) is 11.8 Å². The van der Waals surface area contributed by atoms with Crippen molar-refractivity contribution in [2.75, 3.05) is 13.1 Å². The molecule has 1 aliphatic carbocycles. The second-order valence-corrected chi connectivity index (χ2v) is 12.1. The molecule has 0 unspecified atom stereocenters. The van der Waals surface area contributed by atoms with Crippen LogP contribution in [0.3, 0.4) is 0 Å². The topological polar surface area (TPSA) is 110 Å². The Labute approximate surface area is 213 Å². The Morgan fingerprint density at radius 2 is 1.85 bits per heavy atom. The van der Waals surface area contributed by atoms with E-state index in [1.54, 1.807) is 0 Å². The molecule has 2 amide bonds. The largest absolute Gasteiger partial charge is 0.320 e. The first-order chi connectivity index (χ1) is 16.0. The van der Waals surface area contributed by atoms with Gasteiger partial charge in [-0.1, -0.05) is 62.7 Å². The van der Waals surface area contributed by atoms with E-state index in [2.05, 4.69) is 4.72 Å². The number of imide groups is 1. The zero-order chi connectivity index (χ0) is 25.3. The maximum Gasteiger partial charge on any atom is 0.246 e. The first-order valence-corrected chi connectivity index (χ1v) is 14.3. The van der Waals surface area contributed by atoms with Crippen LogP contribution < -0.4 is 10.5 Å². The van der Waals surface area contributed by atoms with Crippen LogP contribution in [-0.2, 0) is 19.6 Å². The van der Waals surface area contributed by atoms with E-state index in [-0.39, 0.29) is 40.7 Å². The summed E-state index contributed by atoms with van der Waals surface area (Å²) in [4.78, 5) is 27.1. The van der Waals surface area contributed by atoms with Gasteiger partial charge in [-0.2, -0.15) is 0 Å². The summed E-state index contributed by atoms with van der Waals surface area (Å²) in [5, 5.41) is 0.394. The van der Waals surface area contributed by atoms with E-state index in [0.29, 0.717) is 36.6 Å². The van der Waals surface area contributed by atoms with Gasteiger partial charge in [-0.05, 0) is 55.7 Å². The van der Waals surface area contributed by atoms with E-state index >= 15 is 0 Å². The number of benzene rings is 1. The van der Waals surface area contributed by atoms with E-state index in [1.807, 2.05) is 13.8 Å². The summed E-state index contributed by atoms with van der Waals surface area (Å²) in [6, 6.07) is 3.47. The van der Waals surface area contributed by atoms with Crippen molar-refractivity contribution in [3.8, 4) is 0 Å². The lowest BCUT2D eigenvalue weighted by molar-refractivity contribution is -0.146. The van der Waals surface area contributed by atoms with Gasteiger partial charge in [0.1, 0.15) is 4.90 Å². The molecule has 0 saturated heterocycles. The summed E-state index contributed by atoms with van der Waals surface area (Å²) in [5.74, 6) is 0.256. The van der Waals surface area contributed by atoms with Gasteiger partial charge in [-0.3, -0.25) is 14.5 Å². The average molecular weight is 535 g/mol. The predicted molar refractivity (Wildman–Crippen MR) is 136 cm³/mol. The lowest BCUT2D eigenvalue weighted by Gasteiger charge is -2.25. The van der Waals surface area contributed by atoms with Crippen LogP contribution in [-0.4, -0.2) is 44.3 Å². The number of unbranched alkanes of at least 4 members (excludes halogenated alkanes) is 1. The van der Waals surface area contributed by atoms with Crippen LogP contribution in [0.2, 0.25) is 10.0 Å². The highest BCUT2D eigenvalue weighted by atomic mass is 35.5. The quantitative estimate of drug-likeness (QED) is 0.355. The molecule has 1 aromatic carbocycles. The highest BCUT2D eigenvalue weighted by Crippen LogP contribution is 2.29. The number of carbonyl (C=O) groups is 2. The van der Waals surface area contributed by atoms with Gasteiger partial charge in [0.25, 0.3) is 0 Å². The maximum atomic E-state index is 12.9. The Morgan fingerprint density at radius 3 is 2.47 bits per heavy atom. The molecule has 0 spiro atoms. The SMILES string of the molecule is CC(C)C[C@H](N)C(=O)N(CCCCNS(=O)(=O)c1ccc(Cl)cc1Cl)C(=O)CCC1CCCC1. The van der Waals surface area contributed by atoms with Crippen LogP contribution in [0.4, 0.5) is 0 Å². The molecule has 1 atom stereocenters. The van der Waals surface area contributed by atoms with Crippen LogP contribution in [0.1, 0.15) is 71.6 Å². The van der Waals surface area contributed by atoms with Crippen molar-refractivity contribution < 1.29 is 18.0 Å². The van der Waals surface area contributed by atoms with Gasteiger partial charge >= 0.3 is 0 Å². The Kier molecular flexibility index (Phi) is 11.8. The van der Waals surface area contributed by atoms with Crippen molar-refractivity contribution in [1.29, 1.82) is 0 Å². The van der Waals surface area contributed by atoms with Crippen LogP contribution in [0.15, 0.2) is 23.1 Å². The first kappa shape index (κ1) is 29.0. The summed E-state index contributed by atoms with van der Waals surface area (Å²) in [5.41, 5.74) is 6.09. The molecule has 1 aliphatic rings. The van der Waals surface area contributed by atoms with Crippen molar-refractivity contribution in [3.63, 3.8) is 0 Å². The number of hydrogen-bond donors (Lipinski definition) is 2. The van der Waals surface area contributed by atoms with Crippen molar-refractivity contribution in [2.24, 2.45) is 17.6 Å². The first-order valence-electron chi connectivity index (χ1n) is 12.1. The van der Waals surface area contributed by atoms with Crippen LogP contribution >= 0.6 is 23.2 Å². The molecule has 34 heavy (non-hydrogen) atoms. The Hall–Kier alpha value is -1.19. The van der Waals surface area contributed by atoms with E-state index in [1.165, 1.54) is 35.9 Å². The second kappa shape index (κ2) is 13.8. The third-order valence-electron chi connectivity index (χ3n) is 6.13. The summed E-state index contributed by atoms with van der Waals surface area (Å²) >= 11 is 11.8. The van der Waals surface area contributed by atoms with Gasteiger partial charge in [0, 0.05) is 24.5 Å². The lowest BCUT2D eigenvalue weighted by atomic mass is 10.0. The van der Waals surface area contributed by atoms with Crippen molar-refractivity contribution >= 4 is 45.0 Å². The standard InChI is InChI=1S/C24H37Cl2N3O4S/c1-17(2)15-21(27)24(31)29(23(30)12-9-18-7-3-4-8-18)14-6-5-13-28-34(32,33)22-11-10-19(25)16-20(22)26/h10-11,16-18,21,28H,3-9,12-15,27H2,1-2H3/t21-/m0/s1. The second-order valence-electron chi connectivity index (χ2n) is 9.49. The molecule has 10 heteroatoms. The average Bonchev–Trinajstić information content (AvgIpc) is 3.27. The lowest BCUT2D eigenvalue weighted by Crippen LogP contribution is -2.47. The van der Waals surface area contributed by atoms with Gasteiger partial charge < -0.3 is 5.73 Å². The number of carbonyl (C=O) groups excluding carboxylic acids is 2. The predicted octanol–water partition coefficient (Wildman–Crippen LogP) is 4.75. The number of rotatable bonds is 13. The highest BCUT2D eigenvalue weighted by molar-refractivity contribution is 7.89. The molecule has 1 aromatic rings. The van der Waals surface area contributed by atoms with Crippen molar-refractivity contribution in [3.05, 3.63) is 28.2 Å². The minimum absolute atomic E-state index is 0.0443. The molecule has 1 fully saturated rings. The maximum absolute atomic E-state index is 12.9. The van der Waals surface area contributed by atoms with Crippen molar-refractivity contribution in [2.45, 2.75) is 82.6 Å². The molecule has 0 aromatic heterocycles. The van der Waals surface area contributed by atoms with E-state index in [4.69, 9.17) is 28.9 Å². The molecular weight excluding hydrogens is 497 g/mol. The normalized spacial score (nSPS) is 15.6. The number of halogens is 2. The molecule has 0 radical (unpaired) electrons. The van der Waals surface area contributed by atoms with Crippen molar-refractivity contribution in [1.82, 2.24) is 9.62 Å². The van der Waals surface area contributed by atoms with E-state index < -0.39 is 16.1 Å². The van der Waals surface area contributed by atoms with Gasteiger partial charge in [0.05, 0.1) is 11.1 Å². The monoisotopic (exact) mass is 533 g/mol. The fourth-order valence-electron chi connectivity index (χ4n) is 4.30. The number of hydrogen-bond acceptors (Lipinski definition) is 5. The van der Waals surface area contributed by atoms with Gasteiger partial charge in [-0.25, -0.2) is 13.1 Å². The summed E-state index contributed by atoms with van der Waals surface area (Å²) in [7, 11) is -3.79. The fraction of sp³-hybridized carbons (Fsp3) is 0.667. The number of nitrogens with zero attached hydrogens (tertiary/aromatic N) is 1. The van der Waals surface area contributed by atoms with Gasteiger partial charge in [-0.15, -0.1) is 0 Å². The summed E-state index contributed by atoms with van der Waals surface area (Å²) in [6.07, 6.45) is 7.26. The molecule has 0 aliphatic heterocycles. The number of amides is 2. The highest BCUT2D eigenvalue weighted by Gasteiger charge is 2.27. The molecule has 2 rings (SSSR count). The third-order valence-corrected chi connectivity index (χ3v) is 8.31. The molecule has 0 heterocycles. The summed E-state index contributed by atoms with van der Waals surface area (Å²) in [6.45, 7) is 4.34. The van der Waals surface area contributed by atoms with Gasteiger partial charge in [0.2, 0.25) is 21.8 Å². The van der Waals surface area contributed by atoms with Gasteiger partial charge in [0.15, 0.2) is 0 Å². The smallest absolute Gasteiger partial charge is 0.246 e. The zero-order valence-electron chi connectivity index (χ0n) is 20.1. The zero-order valence-corrected chi connectivity index (χ0v) is 22.4. The molecule has 0 bridgehead atoms. The summed E-state index contributed by atoms with van der Waals surface area (Å²) < 4.78 is 27.5. The number of sulfonamides is 1. The Bertz CT molecular complexity index is 934. The van der Waals surface area contributed by atoms with Crippen LogP contribution in [0.5, 0.6) is 0 Å². The fourth-order valence-corrected chi connectivity index (χ4v) is 6.15. The Morgan fingerprint density at radius 1 is 1.18 bits per heavy atom. The molecule has 192 valence electrons. The number of nitrogens with two attached hydrogens (primary N) is 1.